The maximum absolute atomic E-state index is 12.8. The molecule has 10 heteroatoms. The second-order valence-corrected chi connectivity index (χ2v) is 7.10. The predicted molar refractivity (Wildman–Crippen MR) is 122 cm³/mol. The molecule has 3 aromatic rings. The maximum atomic E-state index is 12.8. The van der Waals surface area contributed by atoms with Gasteiger partial charge in [-0.1, -0.05) is 36.4 Å². The summed E-state index contributed by atoms with van der Waals surface area (Å²) >= 11 is 5.12. The number of anilines is 1. The van der Waals surface area contributed by atoms with Crippen molar-refractivity contribution in [1.29, 1.82) is 0 Å². The van der Waals surface area contributed by atoms with Gasteiger partial charge in [-0.05, 0) is 36.5 Å². The Hall–Kier alpha value is -4.18. The minimum Gasteiger partial charge on any atom is -0.481 e. The summed E-state index contributed by atoms with van der Waals surface area (Å²) in [6.45, 7) is -0.321. The topological polar surface area (TPSA) is 113 Å². The van der Waals surface area contributed by atoms with Crippen LogP contribution in [-0.4, -0.2) is 40.6 Å². The van der Waals surface area contributed by atoms with Crippen molar-refractivity contribution in [2.75, 3.05) is 11.5 Å². The Kier molecular flexibility index (Phi) is 6.13. The summed E-state index contributed by atoms with van der Waals surface area (Å²) in [6.07, 6.45) is 2.70. The van der Waals surface area contributed by atoms with Crippen LogP contribution in [0.4, 0.5) is 5.69 Å². The predicted octanol–water partition coefficient (Wildman–Crippen LogP) is 1.78. The van der Waals surface area contributed by atoms with E-state index in [9.17, 15) is 14.4 Å². The smallest absolute Gasteiger partial charge is 0.277 e. The van der Waals surface area contributed by atoms with Crippen molar-refractivity contribution in [1.82, 2.24) is 15.7 Å². The molecule has 0 saturated carbocycles. The van der Waals surface area contributed by atoms with E-state index < -0.39 is 23.6 Å². The molecule has 160 valence electrons. The molecule has 0 unspecified atom stereocenters. The number of amides is 3. The third kappa shape index (κ3) is 4.44. The molecule has 2 N–H and O–H groups in total. The number of carbonyl (C=O) groups excluding carboxylic acids is 3. The first-order valence-corrected chi connectivity index (χ1v) is 9.98. The molecule has 0 spiro atoms. The van der Waals surface area contributed by atoms with Gasteiger partial charge >= 0.3 is 0 Å². The molecule has 4 rings (SSSR count). The summed E-state index contributed by atoms with van der Waals surface area (Å²) in [5, 5.41) is 7.09. The normalized spacial score (nSPS) is 16.3. The van der Waals surface area contributed by atoms with E-state index in [1.165, 1.54) is 4.90 Å². The minimum absolute atomic E-state index is 0.0167. The molecule has 0 radical (unpaired) electrons. The molecule has 9 nitrogen and oxygen atoms in total. The summed E-state index contributed by atoms with van der Waals surface area (Å²) in [5.41, 5.74) is 3.40. The summed E-state index contributed by atoms with van der Waals surface area (Å²) in [7, 11) is 0. The van der Waals surface area contributed by atoms with Crippen LogP contribution >= 0.6 is 12.2 Å². The van der Waals surface area contributed by atoms with Gasteiger partial charge < -0.3 is 10.1 Å². The maximum Gasteiger partial charge on any atom is 0.277 e. The van der Waals surface area contributed by atoms with Crippen molar-refractivity contribution in [2.45, 2.75) is 0 Å². The van der Waals surface area contributed by atoms with Gasteiger partial charge in [-0.25, -0.2) is 5.43 Å². The molecule has 1 fully saturated rings. The number of hydrazone groups is 1. The van der Waals surface area contributed by atoms with Gasteiger partial charge in [0, 0.05) is 17.8 Å². The number of aromatic nitrogens is 1. The van der Waals surface area contributed by atoms with Crippen LogP contribution in [0.2, 0.25) is 0 Å². The summed E-state index contributed by atoms with van der Waals surface area (Å²) in [6, 6.07) is 17.8. The average molecular weight is 447 g/mol. The van der Waals surface area contributed by atoms with E-state index in [0.717, 1.165) is 11.6 Å². The van der Waals surface area contributed by atoms with Crippen LogP contribution in [0.3, 0.4) is 0 Å². The quantitative estimate of drug-likeness (QED) is 0.258. The molecule has 2 aromatic carbocycles. The SMILES string of the molecule is O=C(COc1cccc2cccnc12)N/N=C\[C@H]1C(=O)NC(=S)N(c2ccccc2)C1=O. The first kappa shape index (κ1) is 21.1. The zero-order chi connectivity index (χ0) is 22.5. The standard InChI is InChI=1S/C22H17N5O4S/c28-18(13-31-17-10-4-6-14-7-5-11-23-19(14)17)26-24-12-16-20(29)25-22(32)27(21(16)30)15-8-2-1-3-9-15/h1-12,16H,13H2,(H,26,28)(H,25,29,32)/b24-12-/t16-/m0/s1. The van der Waals surface area contributed by atoms with Gasteiger partial charge in [0.15, 0.2) is 17.6 Å². The van der Waals surface area contributed by atoms with E-state index in [1.54, 1.807) is 48.7 Å². The largest absolute Gasteiger partial charge is 0.481 e. The summed E-state index contributed by atoms with van der Waals surface area (Å²) in [4.78, 5) is 42.6. The number of ether oxygens (including phenoxy) is 1. The van der Waals surface area contributed by atoms with Crippen molar-refractivity contribution < 1.29 is 19.1 Å². The number of benzene rings is 2. The number of nitrogens with zero attached hydrogens (tertiary/aromatic N) is 3. The molecule has 1 saturated heterocycles. The van der Waals surface area contributed by atoms with Crippen molar-refractivity contribution in [3.8, 4) is 5.75 Å². The van der Waals surface area contributed by atoms with Crippen molar-refractivity contribution in [3.63, 3.8) is 0 Å². The van der Waals surface area contributed by atoms with Crippen LogP contribution in [-0.2, 0) is 14.4 Å². The minimum atomic E-state index is -1.25. The zero-order valence-corrected chi connectivity index (χ0v) is 17.4. The summed E-state index contributed by atoms with van der Waals surface area (Å²) in [5.74, 6) is -2.54. The number of para-hydroxylation sites is 2. The zero-order valence-electron chi connectivity index (χ0n) is 16.6. The fourth-order valence-corrected chi connectivity index (χ4v) is 3.39. The number of hydrogen-bond acceptors (Lipinski definition) is 7. The lowest BCUT2D eigenvalue weighted by atomic mass is 10.1. The number of pyridine rings is 1. The van der Waals surface area contributed by atoms with Gasteiger partial charge in [0.05, 0.1) is 5.69 Å². The number of nitrogens with one attached hydrogen (secondary N) is 2. The van der Waals surface area contributed by atoms with E-state index >= 15 is 0 Å². The Balaban J connectivity index is 1.38. The Morgan fingerprint density at radius 1 is 1.16 bits per heavy atom. The Morgan fingerprint density at radius 3 is 2.75 bits per heavy atom. The van der Waals surface area contributed by atoms with Gasteiger partial charge in [-0.2, -0.15) is 5.10 Å². The molecule has 3 amide bonds. The Morgan fingerprint density at radius 2 is 1.94 bits per heavy atom. The van der Waals surface area contributed by atoms with E-state index in [4.69, 9.17) is 17.0 Å². The van der Waals surface area contributed by atoms with Gasteiger partial charge in [0.2, 0.25) is 5.91 Å². The molecular formula is C22H17N5O4S. The molecule has 2 heterocycles. The lowest BCUT2D eigenvalue weighted by Gasteiger charge is -2.30. The van der Waals surface area contributed by atoms with Crippen LogP contribution in [0.5, 0.6) is 5.75 Å². The van der Waals surface area contributed by atoms with Crippen LogP contribution in [0.15, 0.2) is 72.0 Å². The highest BCUT2D eigenvalue weighted by atomic mass is 32.1. The summed E-state index contributed by atoms with van der Waals surface area (Å²) < 4.78 is 5.53. The highest BCUT2D eigenvalue weighted by Crippen LogP contribution is 2.23. The molecule has 1 aromatic heterocycles. The number of carbonyl (C=O) groups is 3. The molecule has 1 aliphatic heterocycles. The van der Waals surface area contributed by atoms with Gasteiger partial charge in [-0.3, -0.25) is 24.3 Å². The van der Waals surface area contributed by atoms with E-state index in [-0.39, 0.29) is 11.7 Å². The van der Waals surface area contributed by atoms with Gasteiger partial charge in [-0.15, -0.1) is 0 Å². The van der Waals surface area contributed by atoms with Crippen molar-refractivity contribution in [3.05, 3.63) is 66.9 Å². The molecular weight excluding hydrogens is 430 g/mol. The van der Waals surface area contributed by atoms with Gasteiger partial charge in [0.1, 0.15) is 11.3 Å². The number of hydrogen-bond donors (Lipinski definition) is 2. The van der Waals surface area contributed by atoms with E-state index in [2.05, 4.69) is 20.8 Å². The molecule has 1 atom stereocenters. The van der Waals surface area contributed by atoms with Crippen molar-refractivity contribution in [2.24, 2.45) is 11.0 Å². The van der Waals surface area contributed by atoms with Crippen LogP contribution in [0.25, 0.3) is 10.9 Å². The highest BCUT2D eigenvalue weighted by molar-refractivity contribution is 7.80. The molecule has 1 aliphatic rings. The first-order chi connectivity index (χ1) is 15.5. The molecule has 0 aliphatic carbocycles. The second-order valence-electron chi connectivity index (χ2n) is 6.71. The monoisotopic (exact) mass is 447 g/mol. The van der Waals surface area contributed by atoms with Crippen LogP contribution < -0.4 is 20.4 Å². The lowest BCUT2D eigenvalue weighted by molar-refractivity contribution is -0.130. The molecule has 32 heavy (non-hydrogen) atoms. The van der Waals surface area contributed by atoms with E-state index in [1.807, 2.05) is 18.2 Å². The van der Waals surface area contributed by atoms with Crippen LogP contribution in [0.1, 0.15) is 0 Å². The Bertz CT molecular complexity index is 1230. The number of thiocarbonyl (C=S) groups is 1. The van der Waals surface area contributed by atoms with E-state index in [0.29, 0.717) is 17.0 Å². The number of fused-ring (bicyclic) bond motifs is 1. The molecule has 0 bridgehead atoms. The highest BCUT2D eigenvalue weighted by Gasteiger charge is 2.38. The van der Waals surface area contributed by atoms with Gasteiger partial charge in [0.25, 0.3) is 11.8 Å². The number of rotatable bonds is 6. The lowest BCUT2D eigenvalue weighted by Crippen LogP contribution is -2.58. The fraction of sp³-hybridized carbons (Fsp3) is 0.0909. The third-order valence-electron chi connectivity index (χ3n) is 4.58. The van der Waals surface area contributed by atoms with Crippen LogP contribution in [0, 0.1) is 5.92 Å². The first-order valence-electron chi connectivity index (χ1n) is 9.57. The second kappa shape index (κ2) is 9.31. The van der Waals surface area contributed by atoms with Crippen molar-refractivity contribution >= 4 is 57.9 Å². The Labute approximate surface area is 188 Å². The fourth-order valence-electron chi connectivity index (χ4n) is 3.10. The third-order valence-corrected chi connectivity index (χ3v) is 4.87. The average Bonchev–Trinajstić information content (AvgIpc) is 2.80.